The van der Waals surface area contributed by atoms with Gasteiger partial charge in [-0.1, -0.05) is 78.9 Å². The molecule has 4 heteroatoms. The summed E-state index contributed by atoms with van der Waals surface area (Å²) in [6.45, 7) is 0. The summed E-state index contributed by atoms with van der Waals surface area (Å²) in [5.41, 5.74) is 5.91. The van der Waals surface area contributed by atoms with Gasteiger partial charge in [0.15, 0.2) is 0 Å². The van der Waals surface area contributed by atoms with Crippen molar-refractivity contribution in [3.05, 3.63) is 140 Å². The zero-order valence-electron chi connectivity index (χ0n) is 27.1. The van der Waals surface area contributed by atoms with Gasteiger partial charge in [0.1, 0.15) is 0 Å². The van der Waals surface area contributed by atoms with E-state index >= 15 is 0 Å². The van der Waals surface area contributed by atoms with Crippen LogP contribution in [-0.2, 0) is 0 Å². The summed E-state index contributed by atoms with van der Waals surface area (Å²) in [6.07, 6.45) is 0. The molecule has 0 saturated heterocycles. The van der Waals surface area contributed by atoms with Crippen molar-refractivity contribution in [1.82, 2.24) is 9.38 Å². The topological polar surface area (TPSA) is 30.4 Å². The van der Waals surface area contributed by atoms with Crippen LogP contribution in [0.3, 0.4) is 0 Å². The van der Waals surface area contributed by atoms with Crippen LogP contribution in [0.1, 0.15) is 0 Å². The number of para-hydroxylation sites is 3. The average Bonchev–Trinajstić information content (AvgIpc) is 3.69. The van der Waals surface area contributed by atoms with E-state index in [1.807, 2.05) is 0 Å². The second-order valence-electron chi connectivity index (χ2n) is 14.0. The summed E-state index contributed by atoms with van der Waals surface area (Å²) in [7, 11) is 0. The van der Waals surface area contributed by atoms with Crippen LogP contribution in [0.4, 0.5) is 0 Å². The Labute approximate surface area is 280 Å². The third kappa shape index (κ3) is 3.98. The predicted octanol–water partition coefficient (Wildman–Crippen LogP) is 11.8. The summed E-state index contributed by atoms with van der Waals surface area (Å²) in [4.78, 5) is 5.42. The van der Waals surface area contributed by atoms with E-state index in [9.17, 15) is 0 Å². The molecule has 0 radical (unpaired) electrons. The molecule has 0 fully saturated rings. The van der Waals surface area contributed by atoms with Gasteiger partial charge < -0.3 is 0 Å². The molecule has 228 valence electrons. The molecule has 3 nitrogen and oxygen atoms in total. The van der Waals surface area contributed by atoms with Gasteiger partial charge in [-0.25, -0.2) is 0 Å². The Bertz CT molecular complexity index is 3000. The van der Waals surface area contributed by atoms with Crippen molar-refractivity contribution in [3.8, 4) is 11.4 Å². The molecular weight excluding hydrogens is 645 g/mol. The Hall–Kier alpha value is -5.39. The SMILES string of the molecule is [CH3][Ge]([CH3])([CH3])[c]1ccc2cc3c(cc2c1)oc1c(-c2nc4cccc5c6ccccc6c6ccccc6c6ccccc6n2c45)cccc13. The first kappa shape index (κ1) is 27.7. The minimum atomic E-state index is -1.99. The third-order valence-electron chi connectivity index (χ3n) is 10.1. The van der Waals surface area contributed by atoms with Gasteiger partial charge in [-0.3, -0.25) is 0 Å². The molecule has 3 heterocycles. The second-order valence-corrected chi connectivity index (χ2v) is 24.6. The first-order valence-corrected chi connectivity index (χ1v) is 24.0. The van der Waals surface area contributed by atoms with Crippen LogP contribution >= 0.6 is 0 Å². The normalized spacial score (nSPS) is 12.5. The number of rotatable bonds is 2. The monoisotopic (exact) mass is 678 g/mol. The number of benzene rings is 7. The zero-order chi connectivity index (χ0) is 32.1. The first-order chi connectivity index (χ1) is 23.4. The van der Waals surface area contributed by atoms with Crippen LogP contribution in [0.15, 0.2) is 144 Å². The Kier molecular flexibility index (Phi) is 5.80. The van der Waals surface area contributed by atoms with Gasteiger partial charge in [0.2, 0.25) is 0 Å². The second kappa shape index (κ2) is 10.1. The van der Waals surface area contributed by atoms with Crippen LogP contribution in [-0.4, -0.2) is 22.7 Å². The number of nitrogens with zero attached hydrogens (tertiary/aromatic N) is 2. The molecule has 0 bridgehead atoms. The number of furan rings is 1. The molecule has 0 amide bonds. The van der Waals surface area contributed by atoms with E-state index in [1.54, 1.807) is 0 Å². The molecule has 3 aromatic heterocycles. The average molecular weight is 677 g/mol. The summed E-state index contributed by atoms with van der Waals surface area (Å²) in [6, 6.07) is 50.8. The number of imidazole rings is 1. The Balaban J connectivity index is 1.39. The molecule has 0 saturated carbocycles. The molecular formula is C44H32GeN2O. The third-order valence-corrected chi connectivity index (χ3v) is 14.4. The fraction of sp³-hybridized carbons (Fsp3) is 0.0682. The van der Waals surface area contributed by atoms with Gasteiger partial charge in [0, 0.05) is 0 Å². The van der Waals surface area contributed by atoms with E-state index < -0.39 is 13.3 Å². The summed E-state index contributed by atoms with van der Waals surface area (Å²) < 4.78 is 10.7. The molecule has 0 aliphatic heterocycles. The minimum absolute atomic E-state index is 0.864. The van der Waals surface area contributed by atoms with Crippen LogP contribution in [0.25, 0.3) is 93.0 Å². The molecule has 10 rings (SSSR count). The number of hydrogen-bond acceptors (Lipinski definition) is 2. The van der Waals surface area contributed by atoms with E-state index in [-0.39, 0.29) is 0 Å². The van der Waals surface area contributed by atoms with Gasteiger partial charge in [-0.15, -0.1) is 0 Å². The Morgan fingerprint density at radius 2 is 1.15 bits per heavy atom. The van der Waals surface area contributed by atoms with Crippen LogP contribution in [0.2, 0.25) is 17.3 Å². The van der Waals surface area contributed by atoms with Crippen molar-refractivity contribution in [1.29, 1.82) is 0 Å². The quantitative estimate of drug-likeness (QED) is 0.171. The number of hydrogen-bond donors (Lipinski definition) is 0. The standard InChI is InChI=1S/C44H32GeN2O/c1-45(2,3)29-23-22-27-25-38-36-18-10-19-37(43(36)48-41(38)26-28(27)24-29)44-46-39-20-11-17-35-33-15-7-5-13-31(33)30-12-4-6-14-32(30)34-16-8-9-21-40(34)47(44)42(35)39/h4-26H,1-3H3. The van der Waals surface area contributed by atoms with Crippen LogP contribution < -0.4 is 4.40 Å². The van der Waals surface area contributed by atoms with Crippen molar-refractivity contribution in [3.63, 3.8) is 0 Å². The van der Waals surface area contributed by atoms with Crippen molar-refractivity contribution >= 4 is 99.2 Å². The summed E-state index contributed by atoms with van der Waals surface area (Å²) >= 11 is -1.99. The van der Waals surface area contributed by atoms with E-state index in [1.165, 1.54) is 42.1 Å². The van der Waals surface area contributed by atoms with E-state index in [4.69, 9.17) is 9.40 Å². The van der Waals surface area contributed by atoms with Crippen molar-refractivity contribution in [2.45, 2.75) is 17.3 Å². The van der Waals surface area contributed by atoms with Gasteiger partial charge >= 0.3 is 181 Å². The van der Waals surface area contributed by atoms with Crippen molar-refractivity contribution in [2.75, 3.05) is 0 Å². The maximum atomic E-state index is 6.86. The molecule has 7 aromatic carbocycles. The molecule has 10 aromatic rings. The molecule has 0 unspecified atom stereocenters. The van der Waals surface area contributed by atoms with Gasteiger partial charge in [0.25, 0.3) is 0 Å². The number of fused-ring (bicyclic) bond motifs is 11. The molecule has 0 spiro atoms. The van der Waals surface area contributed by atoms with Gasteiger partial charge in [-0.2, -0.15) is 0 Å². The van der Waals surface area contributed by atoms with Crippen LogP contribution in [0, 0.1) is 0 Å². The zero-order valence-corrected chi connectivity index (χ0v) is 29.2. The molecule has 0 N–H and O–H groups in total. The maximum absolute atomic E-state index is 6.86. The Morgan fingerprint density at radius 3 is 1.90 bits per heavy atom. The fourth-order valence-electron chi connectivity index (χ4n) is 7.74. The molecule has 0 aliphatic rings. The Morgan fingerprint density at radius 1 is 0.521 bits per heavy atom. The molecule has 48 heavy (non-hydrogen) atoms. The fourth-order valence-corrected chi connectivity index (χ4v) is 10.2. The van der Waals surface area contributed by atoms with Crippen molar-refractivity contribution < 1.29 is 4.42 Å². The number of aromatic nitrogens is 2. The molecule has 0 aliphatic carbocycles. The van der Waals surface area contributed by atoms with E-state index in [0.717, 1.165) is 55.3 Å². The predicted molar refractivity (Wildman–Crippen MR) is 207 cm³/mol. The summed E-state index contributed by atoms with van der Waals surface area (Å²) in [5.74, 6) is 8.21. The van der Waals surface area contributed by atoms with E-state index in [0.29, 0.717) is 0 Å². The molecule has 0 atom stereocenters. The first-order valence-electron chi connectivity index (χ1n) is 16.6. The summed E-state index contributed by atoms with van der Waals surface area (Å²) in [5, 5.41) is 11.9. The van der Waals surface area contributed by atoms with E-state index in [2.05, 4.69) is 161 Å². The van der Waals surface area contributed by atoms with Crippen molar-refractivity contribution in [2.24, 2.45) is 0 Å². The van der Waals surface area contributed by atoms with Gasteiger partial charge in [-0.05, 0) is 21.5 Å². The van der Waals surface area contributed by atoms with Crippen LogP contribution in [0.5, 0.6) is 0 Å². The van der Waals surface area contributed by atoms with Gasteiger partial charge in [0.05, 0.1) is 0 Å².